The Morgan fingerprint density at radius 2 is 1.78 bits per heavy atom. The second-order valence-corrected chi connectivity index (χ2v) is 7.78. The van der Waals surface area contributed by atoms with Gasteiger partial charge in [0, 0.05) is 31.7 Å². The number of amides is 1. The molecule has 0 bridgehead atoms. The number of carbonyl (C=O) groups is 1. The molecule has 1 aliphatic rings. The molecule has 0 N–H and O–H groups in total. The van der Waals surface area contributed by atoms with Crippen LogP contribution in [-0.2, 0) is 0 Å². The SMILES string of the molecule is Cc1ccc(-c2ccc(N3CCN(C(=O)c4cccs4)CC3)nn2)cc1C. The third kappa shape index (κ3) is 3.71. The van der Waals surface area contributed by atoms with Crippen molar-refractivity contribution in [3.63, 3.8) is 0 Å². The van der Waals surface area contributed by atoms with E-state index >= 15 is 0 Å². The van der Waals surface area contributed by atoms with Crippen LogP contribution in [0.25, 0.3) is 11.3 Å². The van der Waals surface area contributed by atoms with E-state index in [1.807, 2.05) is 34.5 Å². The Hall–Kier alpha value is -2.73. The van der Waals surface area contributed by atoms with Gasteiger partial charge in [0.15, 0.2) is 5.82 Å². The van der Waals surface area contributed by atoms with Gasteiger partial charge >= 0.3 is 0 Å². The fraction of sp³-hybridized carbons (Fsp3) is 0.286. The van der Waals surface area contributed by atoms with Crippen LogP contribution in [0, 0.1) is 13.8 Å². The number of benzene rings is 1. The predicted molar refractivity (Wildman–Crippen MR) is 109 cm³/mol. The van der Waals surface area contributed by atoms with Crippen molar-refractivity contribution < 1.29 is 4.79 Å². The summed E-state index contributed by atoms with van der Waals surface area (Å²) in [6.45, 7) is 7.17. The number of carbonyl (C=O) groups excluding carboxylic acids is 1. The third-order valence-electron chi connectivity index (χ3n) is 5.08. The zero-order valence-corrected chi connectivity index (χ0v) is 16.4. The molecule has 1 aromatic carbocycles. The van der Waals surface area contributed by atoms with Gasteiger partial charge < -0.3 is 9.80 Å². The van der Waals surface area contributed by atoms with Crippen LogP contribution in [0.1, 0.15) is 20.8 Å². The molecule has 0 saturated carbocycles. The lowest BCUT2D eigenvalue weighted by Crippen LogP contribution is -2.48. The highest BCUT2D eigenvalue weighted by Gasteiger charge is 2.23. The van der Waals surface area contributed by atoms with Crippen molar-refractivity contribution >= 4 is 23.1 Å². The summed E-state index contributed by atoms with van der Waals surface area (Å²) in [5.74, 6) is 0.992. The maximum atomic E-state index is 12.4. The molecule has 0 spiro atoms. The van der Waals surface area contributed by atoms with Crippen LogP contribution in [0.2, 0.25) is 0 Å². The van der Waals surface area contributed by atoms with Crippen molar-refractivity contribution in [2.75, 3.05) is 31.1 Å². The molecular weight excluding hydrogens is 356 g/mol. The molecule has 1 fully saturated rings. The van der Waals surface area contributed by atoms with E-state index in [0.29, 0.717) is 13.1 Å². The number of thiophene rings is 1. The molecule has 5 nitrogen and oxygen atoms in total. The minimum absolute atomic E-state index is 0.126. The first-order valence-electron chi connectivity index (χ1n) is 9.11. The quantitative estimate of drug-likeness (QED) is 0.696. The van der Waals surface area contributed by atoms with Gasteiger partial charge in [0.25, 0.3) is 5.91 Å². The first-order chi connectivity index (χ1) is 13.1. The van der Waals surface area contributed by atoms with E-state index in [4.69, 9.17) is 0 Å². The fourth-order valence-electron chi connectivity index (χ4n) is 3.24. The van der Waals surface area contributed by atoms with E-state index < -0.39 is 0 Å². The number of rotatable bonds is 3. The topological polar surface area (TPSA) is 49.3 Å². The highest BCUT2D eigenvalue weighted by Crippen LogP contribution is 2.22. The van der Waals surface area contributed by atoms with Crippen molar-refractivity contribution in [2.24, 2.45) is 0 Å². The number of hydrogen-bond donors (Lipinski definition) is 0. The summed E-state index contributed by atoms with van der Waals surface area (Å²) < 4.78 is 0. The van der Waals surface area contributed by atoms with E-state index in [-0.39, 0.29) is 5.91 Å². The Morgan fingerprint density at radius 1 is 0.963 bits per heavy atom. The first kappa shape index (κ1) is 17.7. The molecule has 4 rings (SSSR count). The number of anilines is 1. The summed E-state index contributed by atoms with van der Waals surface area (Å²) in [4.78, 5) is 17.4. The third-order valence-corrected chi connectivity index (χ3v) is 5.93. The van der Waals surface area contributed by atoms with Crippen LogP contribution in [0.15, 0.2) is 47.8 Å². The van der Waals surface area contributed by atoms with E-state index in [2.05, 4.69) is 47.1 Å². The van der Waals surface area contributed by atoms with Gasteiger partial charge in [-0.15, -0.1) is 21.5 Å². The van der Waals surface area contributed by atoms with Crippen LogP contribution in [0.4, 0.5) is 5.82 Å². The van der Waals surface area contributed by atoms with Gasteiger partial charge in [-0.05, 0) is 54.6 Å². The first-order valence-corrected chi connectivity index (χ1v) is 9.99. The number of nitrogens with zero attached hydrogens (tertiary/aromatic N) is 4. The van der Waals surface area contributed by atoms with Gasteiger partial charge in [0.05, 0.1) is 10.6 Å². The molecule has 0 unspecified atom stereocenters. The molecule has 6 heteroatoms. The lowest BCUT2D eigenvalue weighted by atomic mass is 10.0. The Balaban J connectivity index is 1.41. The molecule has 27 heavy (non-hydrogen) atoms. The van der Waals surface area contributed by atoms with Crippen molar-refractivity contribution in [3.8, 4) is 11.3 Å². The average Bonchev–Trinajstić information content (AvgIpc) is 3.25. The van der Waals surface area contributed by atoms with Gasteiger partial charge in [-0.25, -0.2) is 0 Å². The molecule has 0 radical (unpaired) electrons. The predicted octanol–water partition coefficient (Wildman–Crippen LogP) is 3.78. The van der Waals surface area contributed by atoms with Crippen LogP contribution in [-0.4, -0.2) is 47.2 Å². The molecule has 2 aromatic heterocycles. The largest absolute Gasteiger partial charge is 0.352 e. The number of aryl methyl sites for hydroxylation is 2. The number of hydrogen-bond acceptors (Lipinski definition) is 5. The summed E-state index contributed by atoms with van der Waals surface area (Å²) in [5.41, 5.74) is 4.50. The minimum atomic E-state index is 0.126. The molecule has 3 aromatic rings. The summed E-state index contributed by atoms with van der Waals surface area (Å²) >= 11 is 1.50. The Morgan fingerprint density at radius 3 is 2.41 bits per heavy atom. The van der Waals surface area contributed by atoms with Crippen molar-refractivity contribution in [3.05, 3.63) is 63.8 Å². The minimum Gasteiger partial charge on any atom is -0.352 e. The smallest absolute Gasteiger partial charge is 0.264 e. The van der Waals surface area contributed by atoms with Crippen molar-refractivity contribution in [1.29, 1.82) is 0 Å². The second-order valence-electron chi connectivity index (χ2n) is 6.83. The lowest BCUT2D eigenvalue weighted by molar-refractivity contribution is 0.0751. The van der Waals surface area contributed by atoms with Crippen molar-refractivity contribution in [2.45, 2.75) is 13.8 Å². The van der Waals surface area contributed by atoms with E-state index in [1.165, 1.54) is 22.5 Å². The Kier molecular flexibility index (Phi) is 4.90. The maximum Gasteiger partial charge on any atom is 0.264 e. The van der Waals surface area contributed by atoms with Gasteiger partial charge in [-0.2, -0.15) is 0 Å². The zero-order valence-electron chi connectivity index (χ0n) is 15.6. The molecule has 1 saturated heterocycles. The van der Waals surface area contributed by atoms with Crippen LogP contribution >= 0.6 is 11.3 Å². The molecule has 0 atom stereocenters. The highest BCUT2D eigenvalue weighted by atomic mass is 32.1. The van der Waals surface area contributed by atoms with Crippen LogP contribution < -0.4 is 4.90 Å². The fourth-order valence-corrected chi connectivity index (χ4v) is 3.93. The van der Waals surface area contributed by atoms with Crippen LogP contribution in [0.3, 0.4) is 0 Å². The van der Waals surface area contributed by atoms with Gasteiger partial charge in [-0.3, -0.25) is 4.79 Å². The summed E-state index contributed by atoms with van der Waals surface area (Å²) in [7, 11) is 0. The maximum absolute atomic E-state index is 12.4. The summed E-state index contributed by atoms with van der Waals surface area (Å²) in [6, 6.07) is 14.2. The van der Waals surface area contributed by atoms with E-state index in [9.17, 15) is 4.79 Å². The molecular formula is C21H22N4OS. The van der Waals surface area contributed by atoms with Crippen molar-refractivity contribution in [1.82, 2.24) is 15.1 Å². The Labute approximate surface area is 163 Å². The molecule has 138 valence electrons. The van der Waals surface area contributed by atoms with Crippen LogP contribution in [0.5, 0.6) is 0 Å². The lowest BCUT2D eigenvalue weighted by Gasteiger charge is -2.35. The average molecular weight is 379 g/mol. The second kappa shape index (κ2) is 7.48. The molecule has 1 aliphatic heterocycles. The number of piperazine rings is 1. The summed E-state index contributed by atoms with van der Waals surface area (Å²) in [5, 5.41) is 10.8. The highest BCUT2D eigenvalue weighted by molar-refractivity contribution is 7.12. The normalized spacial score (nSPS) is 14.4. The summed E-state index contributed by atoms with van der Waals surface area (Å²) in [6.07, 6.45) is 0. The van der Waals surface area contributed by atoms with Gasteiger partial charge in [0.2, 0.25) is 0 Å². The standard InChI is InChI=1S/C21H22N4OS/c1-15-5-6-17(14-16(15)2)18-7-8-20(23-22-18)24-9-11-25(12-10-24)21(26)19-4-3-13-27-19/h3-8,13-14H,9-12H2,1-2H3. The molecule has 0 aliphatic carbocycles. The molecule has 1 amide bonds. The van der Waals surface area contributed by atoms with Gasteiger partial charge in [-0.1, -0.05) is 18.2 Å². The molecule has 3 heterocycles. The Bertz CT molecular complexity index is 929. The zero-order chi connectivity index (χ0) is 18.8. The van der Waals surface area contributed by atoms with E-state index in [0.717, 1.165) is 35.0 Å². The van der Waals surface area contributed by atoms with Gasteiger partial charge in [0.1, 0.15) is 0 Å². The van der Waals surface area contributed by atoms with E-state index in [1.54, 1.807) is 0 Å². The number of aromatic nitrogens is 2. The monoisotopic (exact) mass is 378 g/mol.